The number of aryl methyl sites for hydroxylation is 1. The zero-order chi connectivity index (χ0) is 29.7. The van der Waals surface area contributed by atoms with Gasteiger partial charge >= 0.3 is 0 Å². The van der Waals surface area contributed by atoms with Crippen LogP contribution in [0.2, 0.25) is 10.0 Å². The van der Waals surface area contributed by atoms with E-state index in [1.54, 1.807) is 12.1 Å². The van der Waals surface area contributed by atoms with Crippen molar-refractivity contribution in [2.75, 3.05) is 10.0 Å². The summed E-state index contributed by atoms with van der Waals surface area (Å²) in [6.07, 6.45) is 2.13. The number of hydrogen-bond acceptors (Lipinski definition) is 8. The van der Waals surface area contributed by atoms with Crippen LogP contribution in [0.15, 0.2) is 73.7 Å². The second-order valence-electron chi connectivity index (χ2n) is 9.64. The average Bonchev–Trinajstić information content (AvgIpc) is 2.88. The summed E-state index contributed by atoms with van der Waals surface area (Å²) in [5, 5.41) is 13.9. The molecule has 0 atom stereocenters. The molecule has 0 radical (unpaired) electrons. The Morgan fingerprint density at radius 1 is 1.10 bits per heavy atom. The van der Waals surface area contributed by atoms with Gasteiger partial charge in [0.1, 0.15) is 26.8 Å². The number of nitrogens with zero attached hydrogens (tertiary/aromatic N) is 3. The Kier molecular flexibility index (Phi) is 7.49. The third kappa shape index (κ3) is 5.37. The summed E-state index contributed by atoms with van der Waals surface area (Å²) in [4.78, 5) is 17.1. The quantitative estimate of drug-likeness (QED) is 0.261. The largest absolute Gasteiger partial charge is 0.506 e. The van der Waals surface area contributed by atoms with Crippen LogP contribution in [-0.4, -0.2) is 37.3 Å². The van der Waals surface area contributed by atoms with Gasteiger partial charge in [0.05, 0.1) is 26.8 Å². The van der Waals surface area contributed by atoms with E-state index in [9.17, 15) is 26.7 Å². The van der Waals surface area contributed by atoms with Gasteiger partial charge in [0.2, 0.25) is 0 Å². The third-order valence-corrected chi connectivity index (χ3v) is 9.98. The molecule has 1 aliphatic heterocycles. The van der Waals surface area contributed by atoms with E-state index in [1.807, 2.05) is 13.8 Å². The van der Waals surface area contributed by atoms with Crippen LogP contribution in [0.4, 0.5) is 11.4 Å². The molecule has 0 aliphatic carbocycles. The van der Waals surface area contributed by atoms with Crippen LogP contribution in [0.1, 0.15) is 25.8 Å². The second kappa shape index (κ2) is 10.6. The summed E-state index contributed by atoms with van der Waals surface area (Å²) < 4.78 is 60.0. The van der Waals surface area contributed by atoms with Crippen LogP contribution >= 0.6 is 23.2 Å². The number of aromatic nitrogens is 2. The Bertz CT molecular complexity index is 2010. The van der Waals surface area contributed by atoms with E-state index < -0.39 is 31.4 Å². The molecule has 0 saturated heterocycles. The Morgan fingerprint density at radius 3 is 2.49 bits per heavy atom. The van der Waals surface area contributed by atoms with Crippen molar-refractivity contribution in [1.29, 1.82) is 0 Å². The molecule has 41 heavy (non-hydrogen) atoms. The molecule has 2 aromatic heterocycles. The molecular formula is C26H23Cl2N5O6S2. The number of pyridine rings is 2. The minimum atomic E-state index is -4.46. The van der Waals surface area contributed by atoms with Crippen molar-refractivity contribution in [1.82, 2.24) is 9.55 Å². The van der Waals surface area contributed by atoms with E-state index in [2.05, 4.69) is 19.4 Å². The number of sulfonamides is 2. The number of fused-ring (bicyclic) bond motifs is 2. The Morgan fingerprint density at radius 2 is 1.80 bits per heavy atom. The van der Waals surface area contributed by atoms with E-state index in [-0.39, 0.29) is 66.1 Å². The van der Waals surface area contributed by atoms with Crippen molar-refractivity contribution in [3.63, 3.8) is 0 Å². The fraction of sp³-hybridized carbons (Fsp3) is 0.192. The van der Waals surface area contributed by atoms with Crippen LogP contribution in [-0.2, 0) is 26.6 Å². The molecule has 0 bridgehead atoms. The number of rotatable bonds is 7. The molecule has 5 rings (SSSR count). The van der Waals surface area contributed by atoms with Crippen LogP contribution in [0, 0.1) is 5.92 Å². The molecule has 4 aromatic rings. The lowest BCUT2D eigenvalue weighted by molar-refractivity contribution is 0.473. The van der Waals surface area contributed by atoms with Crippen molar-refractivity contribution in [2.24, 2.45) is 10.3 Å². The molecule has 0 fully saturated rings. The molecule has 3 heterocycles. The molecule has 15 heteroatoms. The minimum absolute atomic E-state index is 0.0209. The van der Waals surface area contributed by atoms with Gasteiger partial charge in [0.15, 0.2) is 5.84 Å². The highest BCUT2D eigenvalue weighted by Gasteiger charge is 2.31. The highest BCUT2D eigenvalue weighted by Crippen LogP contribution is 2.35. The molecule has 0 unspecified atom stereocenters. The molecule has 1 aliphatic rings. The predicted molar refractivity (Wildman–Crippen MR) is 158 cm³/mol. The molecule has 214 valence electrons. The van der Waals surface area contributed by atoms with E-state index in [0.717, 1.165) is 6.07 Å². The lowest BCUT2D eigenvalue weighted by Crippen LogP contribution is -2.33. The number of anilines is 2. The molecule has 0 saturated carbocycles. The summed E-state index contributed by atoms with van der Waals surface area (Å²) in [7, 11) is -8.75. The first kappa shape index (κ1) is 28.9. The minimum Gasteiger partial charge on any atom is -0.506 e. The van der Waals surface area contributed by atoms with Crippen LogP contribution in [0.25, 0.3) is 11.0 Å². The molecule has 2 aromatic carbocycles. The standard InChI is InChI=1S/C26H23Cl2N5O6S2/c1-14(2)10-12-33-25-16(5-4-11-29-25)22(34)21(26(33)35)24-30-19-9-8-15(13-20(19)40(36,37)32-24)31-41(38,39)23-17(27)6-3-7-18(23)28/h3-9,11,13-14,31,34H,10,12H2,1-2H3,(H,30,32). The lowest BCUT2D eigenvalue weighted by atomic mass is 10.1. The van der Waals surface area contributed by atoms with Gasteiger partial charge in [-0.25, -0.2) is 13.4 Å². The van der Waals surface area contributed by atoms with E-state index in [0.29, 0.717) is 6.42 Å². The summed E-state index contributed by atoms with van der Waals surface area (Å²) in [5.74, 6) is -0.582. The Hall–Kier alpha value is -3.65. The first-order valence-corrected chi connectivity index (χ1v) is 15.9. The maximum absolute atomic E-state index is 13.6. The number of amidine groups is 1. The summed E-state index contributed by atoms with van der Waals surface area (Å²) in [6, 6.07) is 11.1. The second-order valence-corrected chi connectivity index (χ2v) is 13.7. The smallest absolute Gasteiger partial charge is 0.286 e. The zero-order valence-electron chi connectivity index (χ0n) is 21.6. The first-order valence-electron chi connectivity index (χ1n) is 12.2. The highest BCUT2D eigenvalue weighted by atomic mass is 35.5. The number of benzene rings is 2. The van der Waals surface area contributed by atoms with Crippen molar-refractivity contribution < 1.29 is 21.9 Å². The SMILES string of the molecule is CC(C)CCn1c(=O)c(C2=NS(=O)(=O)c3cc(NS(=O)(=O)c4c(Cl)cccc4Cl)ccc3N2)c(O)c2cccnc21. The zero-order valence-corrected chi connectivity index (χ0v) is 24.7. The molecule has 11 nitrogen and oxygen atoms in total. The van der Waals surface area contributed by atoms with E-state index in [1.165, 1.54) is 41.1 Å². The van der Waals surface area contributed by atoms with Gasteiger partial charge < -0.3 is 10.4 Å². The summed E-state index contributed by atoms with van der Waals surface area (Å²) >= 11 is 12.1. The van der Waals surface area contributed by atoms with Crippen LogP contribution in [0.3, 0.4) is 0 Å². The Labute approximate surface area is 245 Å². The number of halogens is 2. The topological polar surface area (TPSA) is 160 Å². The lowest BCUT2D eigenvalue weighted by Gasteiger charge is -2.21. The predicted octanol–water partition coefficient (Wildman–Crippen LogP) is 4.82. The summed E-state index contributed by atoms with van der Waals surface area (Å²) in [6.45, 7) is 4.28. The first-order chi connectivity index (χ1) is 19.3. The van der Waals surface area contributed by atoms with Crippen molar-refractivity contribution in [2.45, 2.75) is 36.6 Å². The van der Waals surface area contributed by atoms with Gasteiger partial charge in [0, 0.05) is 12.7 Å². The summed E-state index contributed by atoms with van der Waals surface area (Å²) in [5.41, 5.74) is -0.816. The van der Waals surface area contributed by atoms with Gasteiger partial charge in [-0.3, -0.25) is 14.1 Å². The Balaban J connectivity index is 1.58. The van der Waals surface area contributed by atoms with E-state index >= 15 is 0 Å². The highest BCUT2D eigenvalue weighted by molar-refractivity contribution is 7.93. The van der Waals surface area contributed by atoms with Crippen LogP contribution in [0.5, 0.6) is 5.75 Å². The van der Waals surface area contributed by atoms with Gasteiger partial charge in [-0.1, -0.05) is 43.1 Å². The maximum atomic E-state index is 13.6. The van der Waals surface area contributed by atoms with Crippen LogP contribution < -0.4 is 15.6 Å². The fourth-order valence-corrected chi connectivity index (χ4v) is 7.69. The fourth-order valence-electron chi connectivity index (χ4n) is 4.35. The van der Waals surface area contributed by atoms with Crippen molar-refractivity contribution in [3.05, 3.63) is 80.7 Å². The number of aromatic hydroxyl groups is 1. The average molecular weight is 637 g/mol. The van der Waals surface area contributed by atoms with Gasteiger partial charge in [0.25, 0.3) is 25.6 Å². The number of nitrogens with one attached hydrogen (secondary N) is 2. The third-order valence-electron chi connectivity index (χ3n) is 6.32. The maximum Gasteiger partial charge on any atom is 0.286 e. The molecule has 0 spiro atoms. The van der Waals surface area contributed by atoms with Crippen molar-refractivity contribution in [3.8, 4) is 5.75 Å². The van der Waals surface area contributed by atoms with Gasteiger partial charge in [-0.2, -0.15) is 8.42 Å². The normalized spacial score (nSPS) is 14.4. The van der Waals surface area contributed by atoms with Gasteiger partial charge in [-0.15, -0.1) is 4.40 Å². The number of hydrogen-bond donors (Lipinski definition) is 3. The molecule has 3 N–H and O–H groups in total. The van der Waals surface area contributed by atoms with Gasteiger partial charge in [-0.05, 0) is 54.8 Å². The van der Waals surface area contributed by atoms with Crippen molar-refractivity contribution >= 4 is 71.5 Å². The van der Waals surface area contributed by atoms with E-state index in [4.69, 9.17) is 23.2 Å². The molecule has 0 amide bonds. The molecular weight excluding hydrogens is 613 g/mol. The monoisotopic (exact) mass is 635 g/mol.